The molecule has 29 heavy (non-hydrogen) atoms. The molecule has 0 aliphatic carbocycles. The molecule has 1 atom stereocenters. The number of hydrogen-bond acceptors (Lipinski definition) is 3. The maximum atomic E-state index is 13.8. The van der Waals surface area contributed by atoms with Gasteiger partial charge in [-0.15, -0.1) is 0 Å². The maximum Gasteiger partial charge on any atom is 0.254 e. The molecular weight excluding hydrogens is 387 g/mol. The van der Waals surface area contributed by atoms with Gasteiger partial charge >= 0.3 is 0 Å². The molecule has 158 valence electrons. The van der Waals surface area contributed by atoms with E-state index in [9.17, 15) is 27.6 Å². The fourth-order valence-corrected chi connectivity index (χ4v) is 3.86. The van der Waals surface area contributed by atoms with Crippen molar-refractivity contribution in [1.82, 2.24) is 15.1 Å². The smallest absolute Gasteiger partial charge is 0.254 e. The number of amides is 3. The number of carbonyl (C=O) groups excluding carboxylic acids is 3. The molecule has 1 aromatic carbocycles. The number of rotatable bonds is 4. The minimum atomic E-state index is -1.68. The van der Waals surface area contributed by atoms with E-state index in [-0.39, 0.29) is 36.2 Å². The van der Waals surface area contributed by atoms with Crippen LogP contribution in [0, 0.1) is 23.4 Å². The van der Waals surface area contributed by atoms with Crippen LogP contribution in [0.4, 0.5) is 13.2 Å². The summed E-state index contributed by atoms with van der Waals surface area (Å²) in [6, 6.07) is 1.35. The Labute approximate surface area is 167 Å². The third-order valence-corrected chi connectivity index (χ3v) is 5.55. The normalized spacial score (nSPS) is 20.5. The monoisotopic (exact) mass is 411 g/mol. The topological polar surface area (TPSA) is 69.7 Å². The quantitative estimate of drug-likeness (QED) is 0.772. The predicted octanol–water partition coefficient (Wildman–Crippen LogP) is 2.08. The van der Waals surface area contributed by atoms with Crippen molar-refractivity contribution < 1.29 is 27.6 Å². The molecule has 0 bridgehead atoms. The minimum Gasteiger partial charge on any atom is -0.349 e. The Morgan fingerprint density at radius 3 is 2.34 bits per heavy atom. The molecule has 1 aromatic rings. The Hall–Kier alpha value is -2.58. The molecule has 0 aromatic heterocycles. The second kappa shape index (κ2) is 8.42. The molecule has 6 nitrogen and oxygen atoms in total. The number of halogens is 3. The molecule has 3 amide bonds. The van der Waals surface area contributed by atoms with Gasteiger partial charge in [0.15, 0.2) is 17.5 Å². The van der Waals surface area contributed by atoms with Crippen molar-refractivity contribution in [2.24, 2.45) is 5.92 Å². The Kier molecular flexibility index (Phi) is 6.14. The Bertz CT molecular complexity index is 823. The van der Waals surface area contributed by atoms with E-state index in [2.05, 4.69) is 5.32 Å². The molecule has 2 fully saturated rings. The summed E-state index contributed by atoms with van der Waals surface area (Å²) in [6.45, 7) is 5.04. The number of likely N-dealkylation sites (tertiary alicyclic amines) is 2. The van der Waals surface area contributed by atoms with Crippen molar-refractivity contribution >= 4 is 17.7 Å². The number of carbonyl (C=O) groups is 3. The van der Waals surface area contributed by atoms with E-state index in [1.807, 2.05) is 13.8 Å². The fourth-order valence-electron chi connectivity index (χ4n) is 3.86. The van der Waals surface area contributed by atoms with Gasteiger partial charge in [0.2, 0.25) is 11.8 Å². The van der Waals surface area contributed by atoms with E-state index in [4.69, 9.17) is 0 Å². The summed E-state index contributed by atoms with van der Waals surface area (Å²) in [5.74, 6) is -5.82. The zero-order valence-electron chi connectivity index (χ0n) is 16.4. The summed E-state index contributed by atoms with van der Waals surface area (Å²) in [7, 11) is 0. The molecular formula is C20H24F3N3O3. The standard InChI is InChI=1S/C20H24F3N3O3/c1-11(2)26-10-12(9-16(26)27)20(29)25-7-5-13(6-8-25)24-19(28)14-3-4-15(21)18(23)17(14)22/h3-4,11-13H,5-10H2,1-2H3,(H,24,28). The third-order valence-electron chi connectivity index (χ3n) is 5.55. The summed E-state index contributed by atoms with van der Waals surface area (Å²) in [5, 5.41) is 2.61. The lowest BCUT2D eigenvalue weighted by molar-refractivity contribution is -0.136. The molecule has 2 aliphatic rings. The lowest BCUT2D eigenvalue weighted by Crippen LogP contribution is -2.48. The first-order valence-corrected chi connectivity index (χ1v) is 9.71. The average molecular weight is 411 g/mol. The highest BCUT2D eigenvalue weighted by molar-refractivity contribution is 5.94. The molecule has 2 aliphatic heterocycles. The van der Waals surface area contributed by atoms with E-state index in [0.717, 1.165) is 6.07 Å². The molecule has 0 radical (unpaired) electrons. The van der Waals surface area contributed by atoms with Gasteiger partial charge < -0.3 is 15.1 Å². The minimum absolute atomic E-state index is 0.0194. The van der Waals surface area contributed by atoms with Gasteiger partial charge in [-0.3, -0.25) is 14.4 Å². The van der Waals surface area contributed by atoms with Crippen LogP contribution in [0.25, 0.3) is 0 Å². The van der Waals surface area contributed by atoms with Crippen LogP contribution in [0.3, 0.4) is 0 Å². The average Bonchev–Trinajstić information content (AvgIpc) is 3.08. The van der Waals surface area contributed by atoms with Crippen molar-refractivity contribution in [3.8, 4) is 0 Å². The number of nitrogens with zero attached hydrogens (tertiary/aromatic N) is 2. The second-order valence-electron chi connectivity index (χ2n) is 7.84. The molecule has 3 rings (SSSR count). The summed E-state index contributed by atoms with van der Waals surface area (Å²) in [4.78, 5) is 40.3. The van der Waals surface area contributed by atoms with Crippen LogP contribution in [0.2, 0.25) is 0 Å². The van der Waals surface area contributed by atoms with Gasteiger partial charge in [-0.05, 0) is 38.8 Å². The zero-order chi connectivity index (χ0) is 21.3. The first-order valence-electron chi connectivity index (χ1n) is 9.71. The largest absolute Gasteiger partial charge is 0.349 e. The van der Waals surface area contributed by atoms with Gasteiger partial charge in [-0.25, -0.2) is 13.2 Å². The molecule has 2 heterocycles. The highest BCUT2D eigenvalue weighted by Crippen LogP contribution is 2.24. The van der Waals surface area contributed by atoms with Crippen molar-refractivity contribution in [2.75, 3.05) is 19.6 Å². The number of hydrogen-bond donors (Lipinski definition) is 1. The van der Waals surface area contributed by atoms with Crippen molar-refractivity contribution in [3.05, 3.63) is 35.1 Å². The predicted molar refractivity (Wildman–Crippen MR) is 98.3 cm³/mol. The third kappa shape index (κ3) is 4.38. The van der Waals surface area contributed by atoms with Crippen LogP contribution < -0.4 is 5.32 Å². The SMILES string of the molecule is CC(C)N1CC(C(=O)N2CCC(NC(=O)c3ccc(F)c(F)c3F)CC2)CC1=O. The molecule has 1 unspecified atom stereocenters. The van der Waals surface area contributed by atoms with E-state index >= 15 is 0 Å². The van der Waals surface area contributed by atoms with Gasteiger partial charge in [0.25, 0.3) is 5.91 Å². The van der Waals surface area contributed by atoms with Crippen molar-refractivity contribution in [1.29, 1.82) is 0 Å². The summed E-state index contributed by atoms with van der Waals surface area (Å²) in [6.07, 6.45) is 1.12. The summed E-state index contributed by atoms with van der Waals surface area (Å²) < 4.78 is 40.1. The summed E-state index contributed by atoms with van der Waals surface area (Å²) in [5.41, 5.74) is -0.555. The maximum absolute atomic E-state index is 13.8. The van der Waals surface area contributed by atoms with Crippen LogP contribution in [0.1, 0.15) is 43.5 Å². The Balaban J connectivity index is 1.53. The van der Waals surface area contributed by atoms with Gasteiger partial charge in [-0.1, -0.05) is 0 Å². The molecule has 9 heteroatoms. The first-order chi connectivity index (χ1) is 13.7. The first kappa shape index (κ1) is 21.1. The lowest BCUT2D eigenvalue weighted by Gasteiger charge is -2.34. The van der Waals surface area contributed by atoms with Crippen molar-refractivity contribution in [3.63, 3.8) is 0 Å². The molecule has 0 saturated carbocycles. The van der Waals surface area contributed by atoms with Gasteiger partial charge in [-0.2, -0.15) is 0 Å². The van der Waals surface area contributed by atoms with E-state index in [0.29, 0.717) is 38.5 Å². The van der Waals surface area contributed by atoms with Gasteiger partial charge in [0, 0.05) is 38.1 Å². The second-order valence-corrected chi connectivity index (χ2v) is 7.84. The van der Waals surface area contributed by atoms with Crippen LogP contribution >= 0.6 is 0 Å². The van der Waals surface area contributed by atoms with E-state index < -0.39 is 28.9 Å². The summed E-state index contributed by atoms with van der Waals surface area (Å²) >= 11 is 0. The van der Waals surface area contributed by atoms with Crippen LogP contribution in [0.15, 0.2) is 12.1 Å². The molecule has 2 saturated heterocycles. The zero-order valence-corrected chi connectivity index (χ0v) is 16.4. The highest BCUT2D eigenvalue weighted by atomic mass is 19.2. The van der Waals surface area contributed by atoms with Gasteiger partial charge in [0.1, 0.15) is 0 Å². The number of benzene rings is 1. The Morgan fingerprint density at radius 1 is 1.10 bits per heavy atom. The van der Waals surface area contributed by atoms with E-state index in [1.54, 1.807) is 9.80 Å². The Morgan fingerprint density at radius 2 is 1.76 bits per heavy atom. The molecule has 0 spiro atoms. The number of nitrogens with one attached hydrogen (secondary N) is 1. The fraction of sp³-hybridized carbons (Fsp3) is 0.550. The lowest BCUT2D eigenvalue weighted by atomic mass is 10.0. The van der Waals surface area contributed by atoms with E-state index in [1.165, 1.54) is 0 Å². The van der Waals surface area contributed by atoms with Crippen LogP contribution in [-0.2, 0) is 9.59 Å². The van der Waals surface area contributed by atoms with Crippen molar-refractivity contribution in [2.45, 2.75) is 45.2 Å². The number of piperidine rings is 1. The van der Waals surface area contributed by atoms with Crippen LogP contribution in [0.5, 0.6) is 0 Å². The highest BCUT2D eigenvalue weighted by Gasteiger charge is 2.38. The van der Waals surface area contributed by atoms with Crippen LogP contribution in [-0.4, -0.2) is 59.2 Å². The van der Waals surface area contributed by atoms with Gasteiger partial charge in [0.05, 0.1) is 11.5 Å². The molecule has 1 N–H and O–H groups in total.